The molecule has 1 unspecified atom stereocenters. The maximum atomic E-state index is 11.9. The van der Waals surface area contributed by atoms with Crippen LogP contribution in [0.4, 0.5) is 0 Å². The second-order valence-electron chi connectivity index (χ2n) is 4.56. The molecule has 4 heteroatoms. The smallest absolute Gasteiger partial charge is 0.178 e. The fourth-order valence-corrected chi connectivity index (χ4v) is 2.17. The summed E-state index contributed by atoms with van der Waals surface area (Å²) in [5.41, 5.74) is 0.773. The molecule has 88 valence electrons. The van der Waals surface area contributed by atoms with Crippen LogP contribution in [0.3, 0.4) is 0 Å². The molecule has 0 aromatic carbocycles. The third-order valence-electron chi connectivity index (χ3n) is 3.15. The second kappa shape index (κ2) is 4.80. The number of aliphatic hydroxyl groups is 1. The van der Waals surface area contributed by atoms with E-state index >= 15 is 0 Å². The minimum absolute atomic E-state index is 0.166. The zero-order valence-corrected chi connectivity index (χ0v) is 9.59. The molecule has 16 heavy (non-hydrogen) atoms. The Morgan fingerprint density at radius 3 is 3.00 bits per heavy atom. The summed E-state index contributed by atoms with van der Waals surface area (Å²) in [6.45, 7) is 2.47. The van der Waals surface area contributed by atoms with Crippen molar-refractivity contribution in [2.24, 2.45) is 13.0 Å². The van der Waals surface area contributed by atoms with Crippen molar-refractivity contribution in [2.75, 3.05) is 26.2 Å². The summed E-state index contributed by atoms with van der Waals surface area (Å²) in [7, 11) is 1.91. The number of Topliss-reactive ketones (excluding diaryl/α,β-unsaturated/α-hetero) is 1. The monoisotopic (exact) mass is 222 g/mol. The molecule has 1 aliphatic heterocycles. The molecule has 0 amide bonds. The van der Waals surface area contributed by atoms with E-state index in [-0.39, 0.29) is 12.4 Å². The SMILES string of the molecule is Cn1ccc(C(=O)CN2CCC(CO)C2)c1. The number of aliphatic hydroxyl groups excluding tert-OH is 1. The zero-order chi connectivity index (χ0) is 11.5. The first-order valence-corrected chi connectivity index (χ1v) is 5.67. The summed E-state index contributed by atoms with van der Waals surface area (Å²) in [5, 5.41) is 9.02. The number of carbonyl (C=O) groups excluding carboxylic acids is 1. The fourth-order valence-electron chi connectivity index (χ4n) is 2.17. The highest BCUT2D eigenvalue weighted by molar-refractivity contribution is 5.97. The molecule has 1 aliphatic rings. The number of hydrogen-bond acceptors (Lipinski definition) is 3. The third-order valence-corrected chi connectivity index (χ3v) is 3.15. The molecule has 2 rings (SSSR count). The minimum atomic E-state index is 0.166. The first kappa shape index (κ1) is 11.4. The molecule has 0 spiro atoms. The van der Waals surface area contributed by atoms with Gasteiger partial charge in [-0.15, -0.1) is 0 Å². The van der Waals surface area contributed by atoms with Gasteiger partial charge >= 0.3 is 0 Å². The van der Waals surface area contributed by atoms with E-state index in [9.17, 15) is 4.79 Å². The quantitative estimate of drug-likeness (QED) is 0.756. The van der Waals surface area contributed by atoms with E-state index in [0.717, 1.165) is 25.1 Å². The van der Waals surface area contributed by atoms with Crippen molar-refractivity contribution in [3.63, 3.8) is 0 Å². The summed E-state index contributed by atoms with van der Waals surface area (Å²) in [5.74, 6) is 0.516. The largest absolute Gasteiger partial charge is 0.396 e. The molecule has 1 N–H and O–H groups in total. The van der Waals surface area contributed by atoms with Crippen LogP contribution in [-0.2, 0) is 7.05 Å². The van der Waals surface area contributed by atoms with Gasteiger partial charge in [0, 0.05) is 38.2 Å². The normalized spacial score (nSPS) is 21.5. The van der Waals surface area contributed by atoms with Gasteiger partial charge in [0.05, 0.1) is 6.54 Å². The van der Waals surface area contributed by atoms with Gasteiger partial charge in [0.15, 0.2) is 5.78 Å². The highest BCUT2D eigenvalue weighted by atomic mass is 16.3. The Bertz CT molecular complexity index is 373. The molecule has 0 radical (unpaired) electrons. The molecular weight excluding hydrogens is 204 g/mol. The van der Waals surface area contributed by atoms with Gasteiger partial charge < -0.3 is 9.67 Å². The highest BCUT2D eigenvalue weighted by Crippen LogP contribution is 2.15. The fraction of sp³-hybridized carbons (Fsp3) is 0.583. The number of ketones is 1. The number of carbonyl (C=O) groups is 1. The lowest BCUT2D eigenvalue weighted by atomic mass is 10.1. The summed E-state index contributed by atoms with van der Waals surface area (Å²) in [6, 6.07) is 1.85. The van der Waals surface area contributed by atoms with Crippen molar-refractivity contribution in [1.29, 1.82) is 0 Å². The summed E-state index contributed by atoms with van der Waals surface area (Å²) < 4.78 is 1.88. The van der Waals surface area contributed by atoms with Crippen LogP contribution >= 0.6 is 0 Å². The van der Waals surface area contributed by atoms with Gasteiger partial charge in [0.25, 0.3) is 0 Å². The van der Waals surface area contributed by atoms with E-state index in [1.807, 2.05) is 30.1 Å². The van der Waals surface area contributed by atoms with E-state index in [4.69, 9.17) is 5.11 Å². The summed E-state index contributed by atoms with van der Waals surface area (Å²) in [6.07, 6.45) is 4.73. The lowest BCUT2D eigenvalue weighted by Crippen LogP contribution is -2.28. The van der Waals surface area contributed by atoms with E-state index in [0.29, 0.717) is 12.5 Å². The summed E-state index contributed by atoms with van der Waals surface area (Å²) >= 11 is 0. The van der Waals surface area contributed by atoms with Crippen molar-refractivity contribution in [2.45, 2.75) is 6.42 Å². The zero-order valence-electron chi connectivity index (χ0n) is 9.59. The van der Waals surface area contributed by atoms with Crippen LogP contribution in [0.25, 0.3) is 0 Å². The van der Waals surface area contributed by atoms with Crippen LogP contribution in [0.2, 0.25) is 0 Å². The Labute approximate surface area is 95.5 Å². The van der Waals surface area contributed by atoms with Crippen molar-refractivity contribution in [3.05, 3.63) is 24.0 Å². The molecule has 0 aliphatic carbocycles. The Morgan fingerprint density at radius 2 is 2.44 bits per heavy atom. The number of aryl methyl sites for hydroxylation is 1. The van der Waals surface area contributed by atoms with Gasteiger partial charge in [0.2, 0.25) is 0 Å². The van der Waals surface area contributed by atoms with Gasteiger partial charge in [-0.1, -0.05) is 0 Å². The number of hydrogen-bond donors (Lipinski definition) is 1. The average molecular weight is 222 g/mol. The second-order valence-corrected chi connectivity index (χ2v) is 4.56. The van der Waals surface area contributed by atoms with Gasteiger partial charge in [-0.05, 0) is 24.9 Å². The molecule has 1 atom stereocenters. The van der Waals surface area contributed by atoms with Crippen LogP contribution in [0.15, 0.2) is 18.5 Å². The molecular formula is C12H18N2O2. The van der Waals surface area contributed by atoms with Crippen LogP contribution in [-0.4, -0.2) is 46.6 Å². The van der Waals surface area contributed by atoms with E-state index < -0.39 is 0 Å². The van der Waals surface area contributed by atoms with Gasteiger partial charge in [-0.2, -0.15) is 0 Å². The van der Waals surface area contributed by atoms with Crippen LogP contribution in [0, 0.1) is 5.92 Å². The van der Waals surface area contributed by atoms with Crippen molar-refractivity contribution < 1.29 is 9.90 Å². The Morgan fingerprint density at radius 1 is 1.62 bits per heavy atom. The topological polar surface area (TPSA) is 45.5 Å². The molecule has 0 bridgehead atoms. The third kappa shape index (κ3) is 2.51. The Kier molecular flexibility index (Phi) is 3.41. The number of likely N-dealkylation sites (tertiary alicyclic amines) is 1. The predicted molar refractivity (Wildman–Crippen MR) is 61.4 cm³/mol. The number of aromatic nitrogens is 1. The maximum absolute atomic E-state index is 11.9. The van der Waals surface area contributed by atoms with Crippen LogP contribution in [0.1, 0.15) is 16.8 Å². The lowest BCUT2D eigenvalue weighted by Gasteiger charge is -2.13. The molecule has 4 nitrogen and oxygen atoms in total. The van der Waals surface area contributed by atoms with Crippen molar-refractivity contribution in [1.82, 2.24) is 9.47 Å². The van der Waals surface area contributed by atoms with E-state index in [1.165, 1.54) is 0 Å². The molecule has 1 aromatic rings. The predicted octanol–water partition coefficient (Wildman–Crippen LogP) is 0.522. The minimum Gasteiger partial charge on any atom is -0.396 e. The lowest BCUT2D eigenvalue weighted by molar-refractivity contribution is 0.0940. The standard InChI is InChI=1S/C12H18N2O2/c1-13-4-3-11(7-13)12(16)8-14-5-2-10(6-14)9-15/h3-4,7,10,15H,2,5-6,8-9H2,1H3. The maximum Gasteiger partial charge on any atom is 0.178 e. The van der Waals surface area contributed by atoms with Gasteiger partial charge in [-0.3, -0.25) is 9.69 Å². The van der Waals surface area contributed by atoms with Crippen molar-refractivity contribution in [3.8, 4) is 0 Å². The van der Waals surface area contributed by atoms with Gasteiger partial charge in [-0.25, -0.2) is 0 Å². The number of nitrogens with zero attached hydrogens (tertiary/aromatic N) is 2. The van der Waals surface area contributed by atoms with Crippen LogP contribution in [0.5, 0.6) is 0 Å². The molecule has 2 heterocycles. The van der Waals surface area contributed by atoms with Gasteiger partial charge in [0.1, 0.15) is 0 Å². The highest BCUT2D eigenvalue weighted by Gasteiger charge is 2.23. The first-order chi connectivity index (χ1) is 7.69. The average Bonchev–Trinajstić information content (AvgIpc) is 2.87. The molecule has 0 saturated carbocycles. The van der Waals surface area contributed by atoms with E-state index in [2.05, 4.69) is 4.90 Å². The summed E-state index contributed by atoms with van der Waals surface area (Å²) in [4.78, 5) is 14.0. The first-order valence-electron chi connectivity index (χ1n) is 5.67. The molecule has 1 fully saturated rings. The van der Waals surface area contributed by atoms with Crippen molar-refractivity contribution >= 4 is 5.78 Å². The Hall–Kier alpha value is -1.13. The molecule has 1 aromatic heterocycles. The van der Waals surface area contributed by atoms with Crippen LogP contribution < -0.4 is 0 Å². The number of rotatable bonds is 4. The Balaban J connectivity index is 1.89. The molecule has 1 saturated heterocycles. The van der Waals surface area contributed by atoms with E-state index in [1.54, 1.807) is 0 Å².